The number of carbonyl (C=O) groups is 1. The number of sulfonamides is 1. The summed E-state index contributed by atoms with van der Waals surface area (Å²) in [6, 6.07) is 13.3. The molecule has 6 nitrogen and oxygen atoms in total. The van der Waals surface area contributed by atoms with Crippen molar-refractivity contribution < 1.29 is 13.2 Å². The van der Waals surface area contributed by atoms with E-state index in [1.165, 1.54) is 0 Å². The third-order valence-electron chi connectivity index (χ3n) is 4.69. The van der Waals surface area contributed by atoms with Crippen LogP contribution < -0.4 is 15.4 Å². The van der Waals surface area contributed by atoms with Crippen LogP contribution in [0.5, 0.6) is 0 Å². The normalized spacial score (nSPS) is 16.2. The molecule has 1 aliphatic heterocycles. The van der Waals surface area contributed by atoms with Crippen molar-refractivity contribution in [3.63, 3.8) is 0 Å². The fourth-order valence-electron chi connectivity index (χ4n) is 3.07. The molecule has 28 heavy (non-hydrogen) atoms. The number of nitrogens with one attached hydrogen (secondary N) is 3. The quantitative estimate of drug-likeness (QED) is 0.635. The Morgan fingerprint density at radius 3 is 2.32 bits per heavy atom. The summed E-state index contributed by atoms with van der Waals surface area (Å²) in [4.78, 5) is 12.3. The van der Waals surface area contributed by atoms with Crippen molar-refractivity contribution in [2.75, 3.05) is 23.1 Å². The summed E-state index contributed by atoms with van der Waals surface area (Å²) < 4.78 is 27.4. The summed E-state index contributed by atoms with van der Waals surface area (Å²) in [6.45, 7) is 3.93. The first-order valence-corrected chi connectivity index (χ1v) is 10.6. The van der Waals surface area contributed by atoms with Gasteiger partial charge in [-0.15, -0.1) is 12.4 Å². The SMILES string of the molecule is Cc1ccc(S(=O)(=O)Nc2ccc(NC(=O)CCC3CCNC3)cc2)cc1.Cl. The molecule has 1 atom stereocenters. The number of halogens is 1. The van der Waals surface area contributed by atoms with Crippen LogP contribution >= 0.6 is 12.4 Å². The van der Waals surface area contributed by atoms with Crippen LogP contribution in [0.1, 0.15) is 24.8 Å². The van der Waals surface area contributed by atoms with Crippen LogP contribution in [0.15, 0.2) is 53.4 Å². The third kappa shape index (κ3) is 6.22. The highest BCUT2D eigenvalue weighted by molar-refractivity contribution is 7.92. The molecule has 0 radical (unpaired) electrons. The second-order valence-electron chi connectivity index (χ2n) is 6.94. The van der Waals surface area contributed by atoms with Gasteiger partial charge in [0.1, 0.15) is 0 Å². The first kappa shape index (κ1) is 22.2. The van der Waals surface area contributed by atoms with Crippen LogP contribution in [-0.2, 0) is 14.8 Å². The zero-order valence-electron chi connectivity index (χ0n) is 15.8. The zero-order valence-corrected chi connectivity index (χ0v) is 17.4. The maximum absolute atomic E-state index is 12.4. The lowest BCUT2D eigenvalue weighted by Gasteiger charge is -2.11. The molecule has 2 aromatic carbocycles. The topological polar surface area (TPSA) is 87.3 Å². The Kier molecular flexibility index (Phi) is 7.86. The Labute approximate surface area is 172 Å². The van der Waals surface area contributed by atoms with Gasteiger partial charge in [-0.05, 0) is 75.2 Å². The Morgan fingerprint density at radius 1 is 1.07 bits per heavy atom. The standard InChI is InChI=1S/C20H25N3O3S.ClH/c1-15-2-9-19(10-3-15)27(25,26)23-18-7-5-17(6-8-18)22-20(24)11-4-16-12-13-21-14-16;/h2-3,5-10,16,21,23H,4,11-14H2,1H3,(H,22,24);1H. The second-order valence-corrected chi connectivity index (χ2v) is 8.62. The van der Waals surface area contributed by atoms with Gasteiger partial charge in [0.2, 0.25) is 5.91 Å². The van der Waals surface area contributed by atoms with Crippen LogP contribution in [0.25, 0.3) is 0 Å². The molecule has 2 aromatic rings. The Morgan fingerprint density at radius 2 is 1.71 bits per heavy atom. The van der Waals surface area contributed by atoms with E-state index in [1.54, 1.807) is 48.5 Å². The predicted molar refractivity (Wildman–Crippen MR) is 115 cm³/mol. The third-order valence-corrected chi connectivity index (χ3v) is 6.09. The van der Waals surface area contributed by atoms with Gasteiger partial charge in [-0.3, -0.25) is 9.52 Å². The van der Waals surface area contributed by atoms with E-state index >= 15 is 0 Å². The summed E-state index contributed by atoms with van der Waals surface area (Å²) >= 11 is 0. The summed E-state index contributed by atoms with van der Waals surface area (Å²) in [6.07, 6.45) is 2.50. The average Bonchev–Trinajstić information content (AvgIpc) is 3.15. The van der Waals surface area contributed by atoms with Gasteiger partial charge in [-0.25, -0.2) is 8.42 Å². The van der Waals surface area contributed by atoms with Crippen molar-refractivity contribution in [1.82, 2.24) is 5.32 Å². The molecule has 0 aliphatic carbocycles. The highest BCUT2D eigenvalue weighted by Gasteiger charge is 2.16. The maximum Gasteiger partial charge on any atom is 0.261 e. The lowest BCUT2D eigenvalue weighted by atomic mass is 10.0. The minimum absolute atomic E-state index is 0. The summed E-state index contributed by atoms with van der Waals surface area (Å²) in [5, 5.41) is 6.15. The molecule has 1 unspecified atom stereocenters. The van der Waals surface area contributed by atoms with Gasteiger partial charge < -0.3 is 10.6 Å². The van der Waals surface area contributed by atoms with E-state index in [0.717, 1.165) is 31.5 Å². The van der Waals surface area contributed by atoms with Crippen molar-refractivity contribution in [3.05, 3.63) is 54.1 Å². The van der Waals surface area contributed by atoms with Crippen molar-refractivity contribution in [3.8, 4) is 0 Å². The van der Waals surface area contributed by atoms with Gasteiger partial charge >= 0.3 is 0 Å². The fourth-order valence-corrected chi connectivity index (χ4v) is 4.13. The van der Waals surface area contributed by atoms with Gasteiger partial charge in [-0.2, -0.15) is 0 Å². The number of hydrogen-bond donors (Lipinski definition) is 3. The van der Waals surface area contributed by atoms with Crippen LogP contribution in [0.3, 0.4) is 0 Å². The molecule has 1 saturated heterocycles. The number of hydrogen-bond acceptors (Lipinski definition) is 4. The molecule has 0 bridgehead atoms. The number of aryl methyl sites for hydroxylation is 1. The Bertz CT molecular complexity index is 878. The highest BCUT2D eigenvalue weighted by Crippen LogP contribution is 2.20. The lowest BCUT2D eigenvalue weighted by Crippen LogP contribution is -2.15. The van der Waals surface area contributed by atoms with Crippen molar-refractivity contribution in [2.24, 2.45) is 5.92 Å². The zero-order chi connectivity index (χ0) is 19.3. The lowest BCUT2D eigenvalue weighted by molar-refractivity contribution is -0.116. The predicted octanol–water partition coefficient (Wildman–Crippen LogP) is 3.55. The summed E-state index contributed by atoms with van der Waals surface area (Å²) in [5.41, 5.74) is 2.10. The van der Waals surface area contributed by atoms with E-state index in [1.807, 2.05) is 6.92 Å². The van der Waals surface area contributed by atoms with Crippen LogP contribution in [-0.4, -0.2) is 27.4 Å². The molecule has 1 fully saturated rings. The van der Waals surface area contributed by atoms with Gasteiger partial charge in [0.05, 0.1) is 4.90 Å². The van der Waals surface area contributed by atoms with E-state index in [-0.39, 0.29) is 23.2 Å². The van der Waals surface area contributed by atoms with Crippen LogP contribution in [0.4, 0.5) is 11.4 Å². The fraction of sp³-hybridized carbons (Fsp3) is 0.350. The smallest absolute Gasteiger partial charge is 0.261 e. The number of amides is 1. The molecule has 0 saturated carbocycles. The van der Waals surface area contributed by atoms with Gasteiger partial charge in [0, 0.05) is 17.8 Å². The van der Waals surface area contributed by atoms with E-state index in [0.29, 0.717) is 23.7 Å². The average molecular weight is 424 g/mol. The molecule has 1 amide bonds. The molecule has 3 N–H and O–H groups in total. The van der Waals surface area contributed by atoms with Gasteiger partial charge in [0.25, 0.3) is 10.0 Å². The molecule has 0 aromatic heterocycles. The van der Waals surface area contributed by atoms with Crippen LogP contribution in [0, 0.1) is 12.8 Å². The first-order chi connectivity index (χ1) is 12.9. The number of benzene rings is 2. The molecule has 1 heterocycles. The van der Waals surface area contributed by atoms with E-state index < -0.39 is 10.0 Å². The molecule has 8 heteroatoms. The maximum atomic E-state index is 12.4. The summed E-state index contributed by atoms with van der Waals surface area (Å²) in [7, 11) is -3.63. The minimum atomic E-state index is -3.63. The van der Waals surface area contributed by atoms with E-state index in [2.05, 4.69) is 15.4 Å². The number of carbonyl (C=O) groups excluding carboxylic acids is 1. The molecular weight excluding hydrogens is 398 g/mol. The monoisotopic (exact) mass is 423 g/mol. The Hall–Kier alpha value is -2.09. The second kappa shape index (κ2) is 9.91. The van der Waals surface area contributed by atoms with E-state index in [9.17, 15) is 13.2 Å². The molecule has 1 aliphatic rings. The van der Waals surface area contributed by atoms with Crippen molar-refractivity contribution in [1.29, 1.82) is 0 Å². The Balaban J connectivity index is 0.00000280. The highest BCUT2D eigenvalue weighted by atomic mass is 35.5. The van der Waals surface area contributed by atoms with Gasteiger partial charge in [-0.1, -0.05) is 17.7 Å². The van der Waals surface area contributed by atoms with E-state index in [4.69, 9.17) is 0 Å². The molecule has 3 rings (SSSR count). The number of anilines is 2. The minimum Gasteiger partial charge on any atom is -0.326 e. The molecule has 152 valence electrons. The van der Waals surface area contributed by atoms with Gasteiger partial charge in [0.15, 0.2) is 0 Å². The summed E-state index contributed by atoms with van der Waals surface area (Å²) in [5.74, 6) is 0.559. The van der Waals surface area contributed by atoms with Crippen LogP contribution in [0.2, 0.25) is 0 Å². The van der Waals surface area contributed by atoms with Crippen molar-refractivity contribution in [2.45, 2.75) is 31.1 Å². The molecular formula is C20H26ClN3O3S. The first-order valence-electron chi connectivity index (χ1n) is 9.12. The number of rotatable bonds is 7. The molecule has 0 spiro atoms. The largest absolute Gasteiger partial charge is 0.326 e. The van der Waals surface area contributed by atoms with Crippen molar-refractivity contribution >= 4 is 39.7 Å².